The van der Waals surface area contributed by atoms with Crippen molar-refractivity contribution >= 4 is 11.9 Å². The Morgan fingerprint density at radius 3 is 2.05 bits per heavy atom. The van der Waals surface area contributed by atoms with Gasteiger partial charge in [0.2, 0.25) is 0 Å². The predicted octanol–water partition coefficient (Wildman–Crippen LogP) is 4.62. The van der Waals surface area contributed by atoms with Gasteiger partial charge in [-0.25, -0.2) is 4.31 Å². The van der Waals surface area contributed by atoms with Crippen LogP contribution in [0.3, 0.4) is 0 Å². The van der Waals surface area contributed by atoms with Crippen LogP contribution in [0.1, 0.15) is 55.2 Å². The van der Waals surface area contributed by atoms with Gasteiger partial charge in [0, 0.05) is 30.1 Å². The molecule has 1 aromatic carbocycles. The van der Waals surface area contributed by atoms with Crippen LogP contribution in [-0.4, -0.2) is 29.5 Å². The standard InChI is InChI=1S/C19H30N2S/c1-14-12-15(2)19(16(3)13-14)22-21-10-8-18(9-11-21)20-17-6-4-5-7-17/h12-13,17-18,20H,4-11H2,1-3H3. The first-order chi connectivity index (χ1) is 10.6. The van der Waals surface area contributed by atoms with E-state index in [2.05, 4.69) is 42.5 Å². The zero-order valence-electron chi connectivity index (χ0n) is 14.3. The number of hydrogen-bond acceptors (Lipinski definition) is 3. The van der Waals surface area contributed by atoms with E-state index in [1.54, 1.807) is 0 Å². The summed E-state index contributed by atoms with van der Waals surface area (Å²) in [6.07, 6.45) is 8.25. The Morgan fingerprint density at radius 1 is 0.909 bits per heavy atom. The SMILES string of the molecule is Cc1cc(C)c(SN2CCC(NC3CCCC3)CC2)c(C)c1. The van der Waals surface area contributed by atoms with E-state index >= 15 is 0 Å². The van der Waals surface area contributed by atoms with Crippen molar-refractivity contribution in [2.24, 2.45) is 0 Å². The quantitative estimate of drug-likeness (QED) is 0.816. The van der Waals surface area contributed by atoms with Gasteiger partial charge in [0.15, 0.2) is 0 Å². The Bertz CT molecular complexity index is 477. The first kappa shape index (κ1) is 16.4. The largest absolute Gasteiger partial charge is 0.311 e. The molecule has 2 nitrogen and oxygen atoms in total. The van der Waals surface area contributed by atoms with E-state index in [1.807, 2.05) is 11.9 Å². The Morgan fingerprint density at radius 2 is 1.45 bits per heavy atom. The average Bonchev–Trinajstić information content (AvgIpc) is 2.97. The normalized spacial score (nSPS) is 21.6. The number of hydrogen-bond donors (Lipinski definition) is 1. The van der Waals surface area contributed by atoms with Crippen LogP contribution in [0, 0.1) is 20.8 Å². The molecule has 1 saturated carbocycles. The molecular formula is C19H30N2S. The maximum Gasteiger partial charge on any atom is 0.0288 e. The second kappa shape index (κ2) is 7.37. The van der Waals surface area contributed by atoms with E-state index < -0.39 is 0 Å². The van der Waals surface area contributed by atoms with Gasteiger partial charge in [-0.2, -0.15) is 0 Å². The van der Waals surface area contributed by atoms with Gasteiger partial charge in [0.1, 0.15) is 0 Å². The van der Waals surface area contributed by atoms with Crippen LogP contribution in [0.15, 0.2) is 17.0 Å². The summed E-state index contributed by atoms with van der Waals surface area (Å²) in [7, 11) is 0. The highest BCUT2D eigenvalue weighted by Gasteiger charge is 2.24. The Kier molecular flexibility index (Phi) is 5.48. The minimum atomic E-state index is 0.750. The number of aryl methyl sites for hydroxylation is 3. The summed E-state index contributed by atoms with van der Waals surface area (Å²) in [6.45, 7) is 9.10. The molecule has 0 amide bonds. The second-order valence-electron chi connectivity index (χ2n) is 7.17. The third-order valence-corrected chi connectivity index (χ3v) is 6.56. The van der Waals surface area contributed by atoms with Crippen molar-refractivity contribution in [2.45, 2.75) is 76.3 Å². The molecule has 3 heteroatoms. The Balaban J connectivity index is 1.51. The first-order valence-corrected chi connectivity index (χ1v) is 9.66. The fraction of sp³-hybridized carbons (Fsp3) is 0.684. The van der Waals surface area contributed by atoms with Crippen molar-refractivity contribution in [1.29, 1.82) is 0 Å². The van der Waals surface area contributed by atoms with Crippen LogP contribution in [0.2, 0.25) is 0 Å². The van der Waals surface area contributed by atoms with Crippen molar-refractivity contribution in [1.82, 2.24) is 9.62 Å². The van der Waals surface area contributed by atoms with Crippen LogP contribution in [0.25, 0.3) is 0 Å². The van der Waals surface area contributed by atoms with Crippen molar-refractivity contribution in [3.63, 3.8) is 0 Å². The minimum absolute atomic E-state index is 0.750. The lowest BCUT2D eigenvalue weighted by molar-refractivity contribution is 0.288. The molecule has 2 aliphatic rings. The van der Waals surface area contributed by atoms with Crippen molar-refractivity contribution in [2.75, 3.05) is 13.1 Å². The number of nitrogens with one attached hydrogen (secondary N) is 1. The Hall–Kier alpha value is -0.510. The third-order valence-electron chi connectivity index (χ3n) is 5.11. The van der Waals surface area contributed by atoms with Crippen molar-refractivity contribution in [3.8, 4) is 0 Å². The summed E-state index contributed by atoms with van der Waals surface area (Å²) in [5.41, 5.74) is 4.22. The molecule has 1 aliphatic heterocycles. The van der Waals surface area contributed by atoms with Gasteiger partial charge in [0.25, 0.3) is 0 Å². The summed E-state index contributed by atoms with van der Waals surface area (Å²) >= 11 is 1.98. The molecule has 0 bridgehead atoms. The predicted molar refractivity (Wildman–Crippen MR) is 96.5 cm³/mol. The van der Waals surface area contributed by atoms with Gasteiger partial charge in [-0.05, 0) is 69.5 Å². The fourth-order valence-electron chi connectivity index (χ4n) is 3.98. The molecule has 1 aromatic rings. The molecule has 1 N–H and O–H groups in total. The summed E-state index contributed by atoms with van der Waals surface area (Å²) in [6, 6.07) is 6.18. The van der Waals surface area contributed by atoms with E-state index in [4.69, 9.17) is 0 Å². The molecule has 0 unspecified atom stereocenters. The molecule has 0 aromatic heterocycles. The highest BCUT2D eigenvalue weighted by molar-refractivity contribution is 7.97. The zero-order valence-corrected chi connectivity index (χ0v) is 15.1. The lowest BCUT2D eigenvalue weighted by atomic mass is 10.1. The molecule has 2 fully saturated rings. The molecule has 1 heterocycles. The van der Waals surface area contributed by atoms with Gasteiger partial charge in [0.05, 0.1) is 0 Å². The van der Waals surface area contributed by atoms with E-state index in [0.29, 0.717) is 0 Å². The van der Waals surface area contributed by atoms with Crippen LogP contribution >= 0.6 is 11.9 Å². The van der Waals surface area contributed by atoms with E-state index in [1.165, 1.54) is 73.2 Å². The maximum atomic E-state index is 3.90. The Labute approximate surface area is 140 Å². The van der Waals surface area contributed by atoms with Gasteiger partial charge >= 0.3 is 0 Å². The fourth-order valence-corrected chi connectivity index (χ4v) is 5.04. The molecule has 122 valence electrons. The minimum Gasteiger partial charge on any atom is -0.311 e. The zero-order chi connectivity index (χ0) is 15.5. The smallest absolute Gasteiger partial charge is 0.0288 e. The summed E-state index contributed by atoms with van der Waals surface area (Å²) in [5.74, 6) is 0. The van der Waals surface area contributed by atoms with Crippen LogP contribution in [0.4, 0.5) is 0 Å². The molecule has 0 atom stereocenters. The number of nitrogens with zero attached hydrogens (tertiary/aromatic N) is 1. The van der Waals surface area contributed by atoms with Gasteiger partial charge in [-0.3, -0.25) is 0 Å². The lowest BCUT2D eigenvalue weighted by Crippen LogP contribution is -2.43. The molecule has 1 aliphatic carbocycles. The van der Waals surface area contributed by atoms with Crippen molar-refractivity contribution < 1.29 is 0 Å². The molecule has 0 spiro atoms. The van der Waals surface area contributed by atoms with Crippen LogP contribution < -0.4 is 5.32 Å². The summed E-state index contributed by atoms with van der Waals surface area (Å²) < 4.78 is 2.57. The van der Waals surface area contributed by atoms with Gasteiger partial charge < -0.3 is 5.32 Å². The third kappa shape index (κ3) is 4.06. The summed E-state index contributed by atoms with van der Waals surface area (Å²) in [5, 5.41) is 3.90. The van der Waals surface area contributed by atoms with Crippen LogP contribution in [-0.2, 0) is 0 Å². The first-order valence-electron chi connectivity index (χ1n) is 8.88. The van der Waals surface area contributed by atoms with Gasteiger partial charge in [-0.1, -0.05) is 30.5 Å². The molecular weight excluding hydrogens is 288 g/mol. The van der Waals surface area contributed by atoms with Crippen molar-refractivity contribution in [3.05, 3.63) is 28.8 Å². The monoisotopic (exact) mass is 318 g/mol. The van der Waals surface area contributed by atoms with E-state index in [9.17, 15) is 0 Å². The highest BCUT2D eigenvalue weighted by atomic mass is 32.2. The number of piperidine rings is 1. The van der Waals surface area contributed by atoms with Crippen LogP contribution in [0.5, 0.6) is 0 Å². The second-order valence-corrected chi connectivity index (χ2v) is 8.28. The lowest BCUT2D eigenvalue weighted by Gasteiger charge is -2.33. The average molecular weight is 319 g/mol. The molecule has 22 heavy (non-hydrogen) atoms. The van der Waals surface area contributed by atoms with E-state index in [-0.39, 0.29) is 0 Å². The highest BCUT2D eigenvalue weighted by Crippen LogP contribution is 2.32. The van der Waals surface area contributed by atoms with Gasteiger partial charge in [-0.15, -0.1) is 0 Å². The molecule has 0 radical (unpaired) electrons. The number of rotatable bonds is 4. The molecule has 3 rings (SSSR count). The van der Waals surface area contributed by atoms with E-state index in [0.717, 1.165) is 12.1 Å². The maximum absolute atomic E-state index is 3.90. The summed E-state index contributed by atoms with van der Waals surface area (Å²) in [4.78, 5) is 1.47. The number of benzene rings is 1. The molecule has 1 saturated heterocycles. The topological polar surface area (TPSA) is 15.3 Å².